The molecule has 0 saturated heterocycles. The van der Waals surface area contributed by atoms with Gasteiger partial charge in [0.15, 0.2) is 0 Å². The molecule has 25 heavy (non-hydrogen) atoms. The number of halogens is 3. The smallest absolute Gasteiger partial charge is 0.355 e. The van der Waals surface area contributed by atoms with Crippen molar-refractivity contribution < 1.29 is 18.0 Å². The van der Waals surface area contributed by atoms with E-state index in [2.05, 4.69) is 10.3 Å². The number of benzene rings is 1. The third-order valence-corrected chi connectivity index (χ3v) is 5.58. The monoisotopic (exact) mass is 368 g/mol. The molecule has 1 N–H and O–H groups in total. The van der Waals surface area contributed by atoms with Gasteiger partial charge in [-0.1, -0.05) is 31.0 Å². The number of nitrogens with zero attached hydrogens (tertiary/aromatic N) is 1. The van der Waals surface area contributed by atoms with Crippen molar-refractivity contribution >= 4 is 17.2 Å². The first-order valence-electron chi connectivity index (χ1n) is 8.26. The summed E-state index contributed by atoms with van der Waals surface area (Å²) in [5.41, 5.74) is -1.09. The van der Waals surface area contributed by atoms with Gasteiger partial charge in [-0.15, -0.1) is 11.3 Å². The molecule has 0 spiro atoms. The zero-order chi connectivity index (χ0) is 17.9. The second-order valence-corrected chi connectivity index (χ2v) is 7.28. The number of carbonyl (C=O) groups excluding carboxylic acids is 1. The minimum atomic E-state index is -4.41. The molecule has 0 unspecified atom stereocenters. The van der Waals surface area contributed by atoms with E-state index in [1.807, 2.05) is 5.38 Å². The van der Waals surface area contributed by atoms with Crippen molar-refractivity contribution in [3.8, 4) is 0 Å². The van der Waals surface area contributed by atoms with E-state index in [9.17, 15) is 18.0 Å². The van der Waals surface area contributed by atoms with Gasteiger partial charge in [-0.2, -0.15) is 13.2 Å². The van der Waals surface area contributed by atoms with E-state index < -0.39 is 17.2 Å². The number of alkyl halides is 3. The maximum Gasteiger partial charge on any atom is 0.416 e. The Kier molecular flexibility index (Phi) is 5.13. The Bertz CT molecular complexity index is 722. The maximum absolute atomic E-state index is 13.0. The van der Waals surface area contributed by atoms with Crippen molar-refractivity contribution in [3.05, 3.63) is 52.0 Å². The van der Waals surface area contributed by atoms with E-state index >= 15 is 0 Å². The molecule has 3 rings (SSSR count). The fourth-order valence-corrected chi connectivity index (χ4v) is 4.07. The van der Waals surface area contributed by atoms with Gasteiger partial charge in [-0.3, -0.25) is 4.79 Å². The summed E-state index contributed by atoms with van der Waals surface area (Å²) in [6, 6.07) is 5.21. The molecule has 1 aliphatic rings. The lowest BCUT2D eigenvalue weighted by molar-refractivity contribution is -0.138. The summed E-state index contributed by atoms with van der Waals surface area (Å²) >= 11 is 1.52. The Balaban J connectivity index is 1.78. The first kappa shape index (κ1) is 17.9. The summed E-state index contributed by atoms with van der Waals surface area (Å²) in [6.07, 6.45) is 0.781. The number of hydrogen-bond acceptors (Lipinski definition) is 3. The van der Waals surface area contributed by atoms with Crippen LogP contribution in [0.25, 0.3) is 0 Å². The molecule has 1 heterocycles. The van der Waals surface area contributed by atoms with Gasteiger partial charge in [-0.05, 0) is 24.5 Å². The fraction of sp³-hybridized carbons (Fsp3) is 0.444. The minimum Gasteiger partial charge on any atom is -0.355 e. The van der Waals surface area contributed by atoms with Crippen molar-refractivity contribution in [3.63, 3.8) is 0 Å². The van der Waals surface area contributed by atoms with Crippen LogP contribution in [-0.4, -0.2) is 17.4 Å². The Morgan fingerprint density at radius 3 is 2.68 bits per heavy atom. The summed E-state index contributed by atoms with van der Waals surface area (Å²) in [6.45, 7) is 0.438. The van der Waals surface area contributed by atoms with Crippen LogP contribution >= 0.6 is 11.3 Å². The van der Waals surface area contributed by atoms with Gasteiger partial charge in [0.05, 0.1) is 16.0 Å². The molecule has 7 heteroatoms. The number of nitrogens with one attached hydrogen (secondary N) is 1. The van der Waals surface area contributed by atoms with Crippen LogP contribution in [0.2, 0.25) is 0 Å². The van der Waals surface area contributed by atoms with E-state index in [1.165, 1.54) is 17.4 Å². The molecular weight excluding hydrogens is 349 g/mol. The average Bonchev–Trinajstić information content (AvgIpc) is 3.26. The predicted molar refractivity (Wildman–Crippen MR) is 90.4 cm³/mol. The van der Waals surface area contributed by atoms with Crippen LogP contribution in [-0.2, 0) is 22.8 Å². The topological polar surface area (TPSA) is 42.0 Å². The van der Waals surface area contributed by atoms with E-state index in [1.54, 1.807) is 12.3 Å². The molecule has 0 aliphatic heterocycles. The lowest BCUT2D eigenvalue weighted by Gasteiger charge is -2.29. The third-order valence-electron chi connectivity index (χ3n) is 4.74. The first-order chi connectivity index (χ1) is 11.9. The van der Waals surface area contributed by atoms with Crippen molar-refractivity contribution in [2.75, 3.05) is 6.54 Å². The predicted octanol–water partition coefficient (Wildman–Crippen LogP) is 4.33. The Labute approximate surface area is 148 Å². The quantitative estimate of drug-likeness (QED) is 0.853. The number of thiazole rings is 1. The highest BCUT2D eigenvalue weighted by Gasteiger charge is 2.43. The zero-order valence-corrected chi connectivity index (χ0v) is 14.4. The molecule has 1 aliphatic carbocycles. The Morgan fingerprint density at radius 2 is 2.04 bits per heavy atom. The zero-order valence-electron chi connectivity index (χ0n) is 13.6. The summed E-state index contributed by atoms with van der Waals surface area (Å²) in [5.74, 6) is -0.180. The molecule has 0 radical (unpaired) electrons. The van der Waals surface area contributed by atoms with Gasteiger partial charge >= 0.3 is 6.18 Å². The van der Waals surface area contributed by atoms with Crippen LogP contribution in [0.15, 0.2) is 35.8 Å². The first-order valence-corrected chi connectivity index (χ1v) is 9.14. The molecule has 3 nitrogen and oxygen atoms in total. The van der Waals surface area contributed by atoms with Crippen LogP contribution in [0.4, 0.5) is 13.2 Å². The van der Waals surface area contributed by atoms with Gasteiger partial charge < -0.3 is 5.32 Å². The molecule has 1 saturated carbocycles. The van der Waals surface area contributed by atoms with E-state index in [0.717, 1.165) is 30.0 Å². The normalized spacial score (nSPS) is 16.8. The SMILES string of the molecule is O=C(NCCc1nccs1)C1(c2cccc(C(F)(F)F)c2)CCCC1. The molecule has 1 fully saturated rings. The minimum absolute atomic E-state index is 0.180. The molecule has 0 bridgehead atoms. The number of amides is 1. The lowest BCUT2D eigenvalue weighted by atomic mass is 9.77. The van der Waals surface area contributed by atoms with Crippen molar-refractivity contribution in [1.29, 1.82) is 0 Å². The standard InChI is InChI=1S/C18H19F3N2OS/c19-18(20,21)14-5-3-4-13(12-14)17(7-1-2-8-17)16(24)23-9-6-15-22-10-11-25-15/h3-5,10-12H,1-2,6-9H2,(H,23,24). The Hall–Kier alpha value is -1.89. The van der Waals surface area contributed by atoms with E-state index in [-0.39, 0.29) is 5.91 Å². The van der Waals surface area contributed by atoms with Crippen LogP contribution in [0, 0.1) is 0 Å². The summed E-state index contributed by atoms with van der Waals surface area (Å²) in [5, 5.41) is 5.71. The van der Waals surface area contributed by atoms with Crippen LogP contribution in [0.3, 0.4) is 0 Å². The van der Waals surface area contributed by atoms with Crippen molar-refractivity contribution in [2.45, 2.75) is 43.7 Å². The second kappa shape index (κ2) is 7.15. The molecule has 2 aromatic rings. The van der Waals surface area contributed by atoms with Crippen LogP contribution in [0.1, 0.15) is 41.8 Å². The van der Waals surface area contributed by atoms with E-state index in [0.29, 0.717) is 31.4 Å². The lowest BCUT2D eigenvalue weighted by Crippen LogP contribution is -2.43. The van der Waals surface area contributed by atoms with Gasteiger partial charge in [-0.25, -0.2) is 4.98 Å². The molecule has 1 aromatic heterocycles. The summed E-state index contributed by atoms with van der Waals surface area (Å²) in [4.78, 5) is 17.0. The van der Waals surface area contributed by atoms with Gasteiger partial charge in [0, 0.05) is 24.5 Å². The largest absolute Gasteiger partial charge is 0.416 e. The molecule has 1 aromatic carbocycles. The number of carbonyl (C=O) groups is 1. The van der Waals surface area contributed by atoms with Crippen LogP contribution < -0.4 is 5.32 Å². The molecule has 134 valence electrons. The number of rotatable bonds is 5. The highest BCUT2D eigenvalue weighted by molar-refractivity contribution is 7.09. The number of hydrogen-bond donors (Lipinski definition) is 1. The van der Waals surface area contributed by atoms with Gasteiger partial charge in [0.1, 0.15) is 0 Å². The van der Waals surface area contributed by atoms with Crippen molar-refractivity contribution in [1.82, 2.24) is 10.3 Å². The highest BCUT2D eigenvalue weighted by atomic mass is 32.1. The van der Waals surface area contributed by atoms with Crippen LogP contribution in [0.5, 0.6) is 0 Å². The van der Waals surface area contributed by atoms with Gasteiger partial charge in [0.2, 0.25) is 5.91 Å². The third kappa shape index (κ3) is 3.86. The van der Waals surface area contributed by atoms with Gasteiger partial charge in [0.25, 0.3) is 0 Å². The summed E-state index contributed by atoms with van der Waals surface area (Å²) < 4.78 is 39.1. The molecular formula is C18H19F3N2OS. The molecule has 0 atom stereocenters. The second-order valence-electron chi connectivity index (χ2n) is 6.30. The average molecular weight is 368 g/mol. The highest BCUT2D eigenvalue weighted by Crippen LogP contribution is 2.43. The Morgan fingerprint density at radius 1 is 1.28 bits per heavy atom. The molecule has 1 amide bonds. The van der Waals surface area contributed by atoms with E-state index in [4.69, 9.17) is 0 Å². The van der Waals surface area contributed by atoms with Crippen molar-refractivity contribution in [2.24, 2.45) is 0 Å². The fourth-order valence-electron chi connectivity index (χ4n) is 3.45. The summed E-state index contributed by atoms with van der Waals surface area (Å²) in [7, 11) is 0. The number of aromatic nitrogens is 1. The maximum atomic E-state index is 13.0.